The normalized spacial score (nSPS) is 11.2. The highest BCUT2D eigenvalue weighted by molar-refractivity contribution is 6.05. The third kappa shape index (κ3) is 4.15. The van der Waals surface area contributed by atoms with E-state index in [4.69, 9.17) is 10.2 Å². The molecule has 28 heavy (non-hydrogen) atoms. The monoisotopic (exact) mass is 375 g/mol. The molecule has 3 heterocycles. The van der Waals surface area contributed by atoms with Crippen LogP contribution in [0.1, 0.15) is 30.1 Å². The second kappa shape index (κ2) is 8.30. The summed E-state index contributed by atoms with van der Waals surface area (Å²) >= 11 is 0. The molecule has 3 aromatic heterocycles. The van der Waals surface area contributed by atoms with E-state index in [-0.39, 0.29) is 11.7 Å². The van der Waals surface area contributed by atoms with Gasteiger partial charge in [-0.15, -0.1) is 0 Å². The predicted octanol–water partition coefficient (Wildman–Crippen LogP) is 4.09. The van der Waals surface area contributed by atoms with Crippen molar-refractivity contribution in [1.29, 1.82) is 0 Å². The number of carbonyl (C=O) groups is 1. The Hall–Kier alpha value is -3.74. The van der Waals surface area contributed by atoms with Crippen LogP contribution in [0.15, 0.2) is 64.3 Å². The van der Waals surface area contributed by atoms with Gasteiger partial charge in [-0.1, -0.05) is 13.8 Å². The van der Waals surface area contributed by atoms with E-state index in [0.29, 0.717) is 11.2 Å². The van der Waals surface area contributed by atoms with E-state index in [1.165, 1.54) is 0 Å². The first-order valence-corrected chi connectivity index (χ1v) is 8.95. The molecular formula is C21H21N5O2. The van der Waals surface area contributed by atoms with Crippen molar-refractivity contribution in [2.45, 2.75) is 20.8 Å². The zero-order valence-corrected chi connectivity index (χ0v) is 15.9. The van der Waals surface area contributed by atoms with E-state index in [9.17, 15) is 4.79 Å². The molecule has 0 aliphatic carbocycles. The summed E-state index contributed by atoms with van der Waals surface area (Å²) in [5.74, 6) is 0.386. The van der Waals surface area contributed by atoms with E-state index >= 15 is 0 Å². The van der Waals surface area contributed by atoms with Gasteiger partial charge in [-0.05, 0) is 49.4 Å². The lowest BCUT2D eigenvalue weighted by atomic mass is 10.2. The van der Waals surface area contributed by atoms with Gasteiger partial charge in [-0.25, -0.2) is 9.98 Å². The number of nitrogens with zero attached hydrogens (tertiary/aromatic N) is 3. The topological polar surface area (TPSA) is 106 Å². The highest BCUT2D eigenvalue weighted by atomic mass is 16.3. The van der Waals surface area contributed by atoms with Crippen molar-refractivity contribution < 1.29 is 9.21 Å². The van der Waals surface area contributed by atoms with Crippen LogP contribution >= 0.6 is 0 Å². The molecule has 0 atom stereocenters. The fourth-order valence-corrected chi connectivity index (χ4v) is 2.67. The molecule has 1 amide bonds. The molecule has 0 fully saturated rings. The number of nitrogens with one attached hydrogen (secondary N) is 1. The third-order valence-electron chi connectivity index (χ3n) is 3.84. The largest absolute Gasteiger partial charge is 0.461 e. The quantitative estimate of drug-likeness (QED) is 0.405. The number of hydrogen-bond acceptors (Lipinski definition) is 5. The van der Waals surface area contributed by atoms with Gasteiger partial charge < -0.3 is 10.2 Å². The van der Waals surface area contributed by atoms with Gasteiger partial charge >= 0.3 is 0 Å². The second-order valence-corrected chi connectivity index (χ2v) is 5.80. The summed E-state index contributed by atoms with van der Waals surface area (Å²) in [6.07, 6.45) is 3.31. The van der Waals surface area contributed by atoms with Crippen LogP contribution in [-0.2, 0) is 0 Å². The average molecular weight is 375 g/mol. The molecule has 0 bridgehead atoms. The van der Waals surface area contributed by atoms with E-state index in [1.807, 2.05) is 39.0 Å². The minimum atomic E-state index is -0.426. The molecule has 0 aliphatic heterocycles. The van der Waals surface area contributed by atoms with Crippen molar-refractivity contribution >= 4 is 39.4 Å². The summed E-state index contributed by atoms with van der Waals surface area (Å²) in [5.41, 5.74) is 8.20. The lowest BCUT2D eigenvalue weighted by Crippen LogP contribution is -2.36. The number of carbonyl (C=O) groups excluding carboxylic acids is 1. The number of guanidine groups is 1. The van der Waals surface area contributed by atoms with Crippen LogP contribution in [0.2, 0.25) is 0 Å². The van der Waals surface area contributed by atoms with E-state index < -0.39 is 5.91 Å². The van der Waals surface area contributed by atoms with Gasteiger partial charge in [-0.2, -0.15) is 0 Å². The summed E-state index contributed by atoms with van der Waals surface area (Å²) in [4.78, 5) is 24.9. The van der Waals surface area contributed by atoms with Gasteiger partial charge in [0.25, 0.3) is 5.91 Å². The van der Waals surface area contributed by atoms with Crippen molar-refractivity contribution in [2.75, 3.05) is 0 Å². The van der Waals surface area contributed by atoms with Crippen LogP contribution in [0.4, 0.5) is 5.69 Å². The second-order valence-electron chi connectivity index (χ2n) is 5.80. The summed E-state index contributed by atoms with van der Waals surface area (Å²) in [7, 11) is 0. The number of furan rings is 1. The lowest BCUT2D eigenvalue weighted by Gasteiger charge is -2.05. The number of benzene rings is 1. The van der Waals surface area contributed by atoms with E-state index in [1.54, 1.807) is 36.7 Å². The van der Waals surface area contributed by atoms with E-state index in [0.717, 1.165) is 22.1 Å². The highest BCUT2D eigenvalue weighted by Gasteiger charge is 2.10. The first-order chi connectivity index (χ1) is 13.6. The number of amides is 1. The van der Waals surface area contributed by atoms with Gasteiger partial charge in [-0.3, -0.25) is 15.1 Å². The molecule has 7 heteroatoms. The molecule has 3 N–H and O–H groups in total. The third-order valence-corrected chi connectivity index (χ3v) is 3.84. The number of aromatic nitrogens is 2. The minimum absolute atomic E-state index is 0.00816. The summed E-state index contributed by atoms with van der Waals surface area (Å²) in [5, 5.41) is 4.33. The fraction of sp³-hybridized carbons (Fsp3) is 0.143. The number of pyridine rings is 2. The molecule has 0 radical (unpaired) electrons. The van der Waals surface area contributed by atoms with Crippen molar-refractivity contribution in [3.05, 3.63) is 66.3 Å². The number of nitrogens with two attached hydrogens (primary N) is 1. The molecule has 0 saturated heterocycles. The molecule has 7 nitrogen and oxygen atoms in total. The smallest absolute Gasteiger partial charge is 0.276 e. The Morgan fingerprint density at radius 3 is 2.75 bits per heavy atom. The Balaban J connectivity index is 0.00000109. The van der Waals surface area contributed by atoms with Crippen molar-refractivity contribution in [3.63, 3.8) is 0 Å². The Morgan fingerprint density at radius 1 is 1.11 bits per heavy atom. The van der Waals surface area contributed by atoms with Crippen LogP contribution in [0, 0.1) is 6.92 Å². The summed E-state index contributed by atoms with van der Waals surface area (Å²) < 4.78 is 5.52. The van der Waals surface area contributed by atoms with Gasteiger partial charge in [0.05, 0.1) is 11.2 Å². The molecule has 142 valence electrons. The SMILES string of the molecule is CC.Cc1cc2cc(N=C(N)NC(=O)c3ccc4cnccc4n3)ccc2o1. The van der Waals surface area contributed by atoms with Crippen LogP contribution in [-0.4, -0.2) is 21.8 Å². The molecule has 1 aromatic carbocycles. The minimum Gasteiger partial charge on any atom is -0.461 e. The highest BCUT2D eigenvalue weighted by Crippen LogP contribution is 2.24. The molecule has 0 aliphatic rings. The molecule has 4 rings (SSSR count). The van der Waals surface area contributed by atoms with Crippen molar-refractivity contribution in [3.8, 4) is 0 Å². The Labute approximate surface area is 162 Å². The number of aliphatic imine (C=N–C) groups is 1. The van der Waals surface area contributed by atoms with Crippen LogP contribution in [0.25, 0.3) is 21.9 Å². The average Bonchev–Trinajstić information content (AvgIpc) is 3.08. The van der Waals surface area contributed by atoms with Crippen LogP contribution in [0.3, 0.4) is 0 Å². The maximum absolute atomic E-state index is 12.3. The number of aryl methyl sites for hydroxylation is 1. The lowest BCUT2D eigenvalue weighted by molar-refractivity contribution is 0.0972. The molecular weight excluding hydrogens is 354 g/mol. The standard InChI is InChI=1S/C19H15N5O2.C2H6/c1-11-8-13-9-14(3-5-17(13)26-11)22-19(20)24-18(25)16-4-2-12-10-21-7-6-15(12)23-16;1-2/h2-10H,1H3,(H3,20,22,24,25);1-2H3. The maximum atomic E-state index is 12.3. The van der Waals surface area contributed by atoms with Crippen molar-refractivity contribution in [2.24, 2.45) is 10.7 Å². The summed E-state index contributed by atoms with van der Waals surface area (Å²) in [6.45, 7) is 5.88. The number of hydrogen-bond donors (Lipinski definition) is 2. The molecule has 0 saturated carbocycles. The Kier molecular flexibility index (Phi) is 5.64. The van der Waals surface area contributed by atoms with Crippen molar-refractivity contribution in [1.82, 2.24) is 15.3 Å². The number of rotatable bonds is 2. The predicted molar refractivity (Wildman–Crippen MR) is 111 cm³/mol. The Bertz CT molecular complexity index is 1160. The zero-order valence-electron chi connectivity index (χ0n) is 15.9. The zero-order chi connectivity index (χ0) is 20.1. The van der Waals surface area contributed by atoms with Gasteiger partial charge in [0.2, 0.25) is 5.96 Å². The number of fused-ring (bicyclic) bond motifs is 2. The fourth-order valence-electron chi connectivity index (χ4n) is 2.67. The van der Waals surface area contributed by atoms with Crippen LogP contribution < -0.4 is 11.1 Å². The Morgan fingerprint density at radius 2 is 1.93 bits per heavy atom. The molecule has 0 spiro atoms. The first kappa shape index (κ1) is 19.0. The van der Waals surface area contributed by atoms with Gasteiger partial charge in [0.1, 0.15) is 17.0 Å². The molecule has 4 aromatic rings. The molecule has 0 unspecified atom stereocenters. The summed E-state index contributed by atoms with van der Waals surface area (Å²) in [6, 6.07) is 12.5. The first-order valence-electron chi connectivity index (χ1n) is 8.95. The van der Waals surface area contributed by atoms with E-state index in [2.05, 4.69) is 20.3 Å². The maximum Gasteiger partial charge on any atom is 0.276 e. The van der Waals surface area contributed by atoms with Crippen LogP contribution in [0.5, 0.6) is 0 Å². The van der Waals surface area contributed by atoms with Gasteiger partial charge in [0, 0.05) is 23.2 Å². The van der Waals surface area contributed by atoms with Gasteiger partial charge in [0.15, 0.2) is 0 Å².